The third-order valence-electron chi connectivity index (χ3n) is 5.79. The molecule has 0 saturated carbocycles. The molecule has 0 bridgehead atoms. The second-order valence-corrected chi connectivity index (χ2v) is 12.5. The maximum Gasteiger partial charge on any atom is 0.374 e. The van der Waals surface area contributed by atoms with Crippen molar-refractivity contribution in [2.75, 3.05) is 40.9 Å². The Bertz CT molecular complexity index is 538. The number of hydrogen-bond donors (Lipinski definition) is 3. The van der Waals surface area contributed by atoms with E-state index in [0.29, 0.717) is 4.48 Å². The smallest absolute Gasteiger partial charge is 0.374 e. The van der Waals surface area contributed by atoms with Crippen molar-refractivity contribution >= 4 is 7.60 Å². The molecule has 0 aromatic rings. The van der Waals surface area contributed by atoms with Crippen LogP contribution in [0.25, 0.3) is 0 Å². The van der Waals surface area contributed by atoms with Gasteiger partial charge in [0.05, 0.1) is 40.6 Å². The van der Waals surface area contributed by atoms with Crippen molar-refractivity contribution < 1.29 is 33.4 Å². The molecule has 34 heavy (non-hydrogen) atoms. The molecule has 0 aliphatic heterocycles. The fourth-order valence-corrected chi connectivity index (χ4v) is 5.16. The van der Waals surface area contributed by atoms with E-state index in [1.54, 1.807) is 0 Å². The highest BCUT2D eigenvalue weighted by Crippen LogP contribution is 2.48. The first-order valence-electron chi connectivity index (χ1n) is 13.5. The van der Waals surface area contributed by atoms with Crippen LogP contribution in [0.1, 0.15) is 103 Å². The number of aliphatic hydroxyl groups is 2. The third-order valence-corrected chi connectivity index (χ3v) is 7.32. The summed E-state index contributed by atoms with van der Waals surface area (Å²) >= 11 is 0. The van der Waals surface area contributed by atoms with E-state index < -0.39 is 32.8 Å². The zero-order chi connectivity index (χ0) is 25.7. The molecule has 8 heteroatoms. The maximum absolute atomic E-state index is 12.6. The van der Waals surface area contributed by atoms with Gasteiger partial charge in [0.25, 0.3) is 0 Å². The van der Waals surface area contributed by atoms with Crippen LogP contribution in [-0.4, -0.2) is 72.4 Å². The number of allylic oxidation sites excluding steroid dienone is 1. The molecule has 0 aromatic carbocycles. The minimum absolute atomic E-state index is 0.270. The van der Waals surface area contributed by atoms with E-state index in [1.807, 2.05) is 27.2 Å². The highest BCUT2D eigenvalue weighted by molar-refractivity contribution is 7.53. The topological polar surface area (TPSA) is 96.2 Å². The van der Waals surface area contributed by atoms with Gasteiger partial charge in [-0.3, -0.25) is 4.57 Å². The molecule has 204 valence electrons. The highest BCUT2D eigenvalue weighted by atomic mass is 31.2. The lowest BCUT2D eigenvalue weighted by Gasteiger charge is -2.30. The molecule has 0 amide bonds. The number of nitrogens with zero attached hydrogens (tertiary/aromatic N) is 1. The van der Waals surface area contributed by atoms with E-state index in [4.69, 9.17) is 14.4 Å². The van der Waals surface area contributed by atoms with E-state index in [9.17, 15) is 14.6 Å². The van der Waals surface area contributed by atoms with Gasteiger partial charge < -0.3 is 28.9 Å². The second kappa shape index (κ2) is 20.7. The summed E-state index contributed by atoms with van der Waals surface area (Å²) in [6.07, 6.45) is 21.7. The van der Waals surface area contributed by atoms with Gasteiger partial charge in [-0.2, -0.15) is 0 Å². The van der Waals surface area contributed by atoms with Crippen molar-refractivity contribution in [1.29, 1.82) is 0 Å². The summed E-state index contributed by atoms with van der Waals surface area (Å²) in [5.41, 5.74) is 0. The molecule has 0 radical (unpaired) electrons. The van der Waals surface area contributed by atoms with Gasteiger partial charge in [0.2, 0.25) is 5.85 Å². The first-order valence-corrected chi connectivity index (χ1v) is 15.1. The van der Waals surface area contributed by atoms with Gasteiger partial charge in [0, 0.05) is 0 Å². The number of ether oxygens (including phenoxy) is 1. The van der Waals surface area contributed by atoms with Crippen LogP contribution in [0.4, 0.5) is 0 Å². The number of aliphatic hydroxyl groups excluding tert-OH is 2. The van der Waals surface area contributed by atoms with E-state index in [-0.39, 0.29) is 6.54 Å². The standard InChI is InChI=1S/C26H54NO6P/c1-5-6-7-8-9-10-11-12-13-14-15-16-17-18-19-20-21-32-26(22-27(2,3)4)34(30,31)33-24-25(29)23-28/h20-21,25-26,28-29H,5-19,22-24H2,1-4H3/p+1/t25-,26?/m1/s1. The Kier molecular flexibility index (Phi) is 20.5. The summed E-state index contributed by atoms with van der Waals surface area (Å²) in [7, 11) is 1.58. The first-order chi connectivity index (χ1) is 16.1. The SMILES string of the molecule is CCCCCCCCCCCCCCCCC=COC(C[N+](C)(C)C)P(=O)(O)OC[C@H](O)CO. The van der Waals surface area contributed by atoms with Gasteiger partial charge in [-0.1, -0.05) is 90.4 Å². The Labute approximate surface area is 209 Å². The average molecular weight is 509 g/mol. The van der Waals surface area contributed by atoms with Gasteiger partial charge in [-0.05, 0) is 18.9 Å². The molecule has 0 fully saturated rings. The fourth-order valence-electron chi connectivity index (χ4n) is 3.69. The van der Waals surface area contributed by atoms with Crippen LogP contribution in [0.15, 0.2) is 12.3 Å². The zero-order valence-corrected chi connectivity index (χ0v) is 23.4. The van der Waals surface area contributed by atoms with Crippen molar-refractivity contribution in [3.05, 3.63) is 12.3 Å². The molecule has 0 heterocycles. The number of likely N-dealkylation sites (N-methyl/N-ethyl adjacent to an activating group) is 1. The fraction of sp³-hybridized carbons (Fsp3) is 0.923. The molecule has 3 atom stereocenters. The van der Waals surface area contributed by atoms with Gasteiger partial charge in [-0.15, -0.1) is 0 Å². The molecular weight excluding hydrogens is 453 g/mol. The summed E-state index contributed by atoms with van der Waals surface area (Å²) < 4.78 is 23.6. The van der Waals surface area contributed by atoms with Crippen LogP contribution >= 0.6 is 7.60 Å². The third kappa shape index (κ3) is 20.9. The molecular formula is C26H55NO6P+. The van der Waals surface area contributed by atoms with Gasteiger partial charge in [-0.25, -0.2) is 0 Å². The summed E-state index contributed by atoms with van der Waals surface area (Å²) in [6.45, 7) is 1.59. The lowest BCUT2D eigenvalue weighted by molar-refractivity contribution is -0.872. The Morgan fingerprint density at radius 1 is 0.853 bits per heavy atom. The van der Waals surface area contributed by atoms with Crippen LogP contribution in [0.2, 0.25) is 0 Å². The van der Waals surface area contributed by atoms with E-state index >= 15 is 0 Å². The molecule has 0 aromatic heterocycles. The summed E-state index contributed by atoms with van der Waals surface area (Å²) in [5, 5.41) is 18.3. The minimum Gasteiger partial charge on any atom is -0.480 e. The van der Waals surface area contributed by atoms with E-state index in [2.05, 4.69) is 6.92 Å². The molecule has 0 spiro atoms. The number of rotatable bonds is 24. The maximum atomic E-state index is 12.6. The predicted octanol–water partition coefficient (Wildman–Crippen LogP) is 5.98. The van der Waals surface area contributed by atoms with Crippen LogP contribution in [-0.2, 0) is 13.8 Å². The van der Waals surface area contributed by atoms with Crippen molar-refractivity contribution in [2.24, 2.45) is 0 Å². The molecule has 0 saturated heterocycles. The van der Waals surface area contributed by atoms with Gasteiger partial charge >= 0.3 is 7.60 Å². The number of unbranched alkanes of at least 4 members (excludes halogenated alkanes) is 14. The Hall–Kier alpha value is -0.430. The van der Waals surface area contributed by atoms with Crippen LogP contribution in [0, 0.1) is 0 Å². The Morgan fingerprint density at radius 2 is 1.32 bits per heavy atom. The van der Waals surface area contributed by atoms with Crippen molar-refractivity contribution in [2.45, 2.75) is 115 Å². The Balaban J connectivity index is 3.94. The lowest BCUT2D eigenvalue weighted by atomic mass is 10.0. The summed E-state index contributed by atoms with van der Waals surface area (Å²) in [4.78, 5) is 10.3. The molecule has 0 aliphatic carbocycles. The zero-order valence-electron chi connectivity index (χ0n) is 22.5. The molecule has 2 unspecified atom stereocenters. The van der Waals surface area contributed by atoms with Crippen molar-refractivity contribution in [3.8, 4) is 0 Å². The molecule has 0 rings (SSSR count). The molecule has 7 nitrogen and oxygen atoms in total. The molecule has 3 N–H and O–H groups in total. The van der Waals surface area contributed by atoms with Crippen LogP contribution in [0.3, 0.4) is 0 Å². The normalized spacial score (nSPS) is 16.0. The summed E-state index contributed by atoms with van der Waals surface area (Å²) in [6, 6.07) is 0. The second-order valence-electron chi connectivity index (χ2n) is 10.5. The quantitative estimate of drug-likeness (QED) is 0.0643. The van der Waals surface area contributed by atoms with E-state index in [0.717, 1.165) is 12.8 Å². The lowest BCUT2D eigenvalue weighted by Crippen LogP contribution is -2.42. The highest BCUT2D eigenvalue weighted by Gasteiger charge is 2.38. The van der Waals surface area contributed by atoms with Crippen molar-refractivity contribution in [3.63, 3.8) is 0 Å². The average Bonchev–Trinajstić information content (AvgIpc) is 2.77. The van der Waals surface area contributed by atoms with Crippen LogP contribution < -0.4 is 0 Å². The van der Waals surface area contributed by atoms with E-state index in [1.165, 1.54) is 89.7 Å². The Morgan fingerprint density at radius 3 is 1.76 bits per heavy atom. The number of hydrogen-bond acceptors (Lipinski definition) is 5. The minimum atomic E-state index is -4.12. The largest absolute Gasteiger partial charge is 0.480 e. The first kappa shape index (κ1) is 33.6. The summed E-state index contributed by atoms with van der Waals surface area (Å²) in [5.74, 6) is -1.04. The monoisotopic (exact) mass is 508 g/mol. The molecule has 0 aliphatic rings. The predicted molar refractivity (Wildman–Crippen MR) is 141 cm³/mol. The van der Waals surface area contributed by atoms with Crippen LogP contribution in [0.5, 0.6) is 0 Å². The number of quaternary nitrogens is 1. The van der Waals surface area contributed by atoms with Crippen molar-refractivity contribution in [1.82, 2.24) is 0 Å². The van der Waals surface area contributed by atoms with Gasteiger partial charge in [0.1, 0.15) is 12.6 Å². The van der Waals surface area contributed by atoms with Gasteiger partial charge in [0.15, 0.2) is 0 Å².